The Balaban J connectivity index is 1.73. The fourth-order valence-electron chi connectivity index (χ4n) is 6.03. The topological polar surface area (TPSA) is 101 Å². The summed E-state index contributed by atoms with van der Waals surface area (Å²) >= 11 is 6.30. The molecular weight excluding hydrogens is 458 g/mol. The van der Waals surface area contributed by atoms with Gasteiger partial charge in [0.15, 0.2) is 23.1 Å². The number of phenols is 1. The van der Waals surface area contributed by atoms with E-state index in [2.05, 4.69) is 0 Å². The van der Waals surface area contributed by atoms with Gasteiger partial charge >= 0.3 is 0 Å². The molecule has 0 spiro atoms. The first kappa shape index (κ1) is 22.6. The molecule has 2 amide bonds. The van der Waals surface area contributed by atoms with Crippen LogP contribution < -0.4 is 4.74 Å². The molecule has 7 nitrogen and oxygen atoms in total. The Kier molecular flexibility index (Phi) is 5.28. The minimum Gasteiger partial charge on any atom is -0.503 e. The second kappa shape index (κ2) is 7.94. The van der Waals surface area contributed by atoms with Gasteiger partial charge in [-0.05, 0) is 56.4 Å². The van der Waals surface area contributed by atoms with Crippen molar-refractivity contribution >= 4 is 35.0 Å². The van der Waals surface area contributed by atoms with Gasteiger partial charge in [0.25, 0.3) is 0 Å². The number of hydrogen-bond donors (Lipinski definition) is 1. The van der Waals surface area contributed by atoms with Crippen LogP contribution in [0.25, 0.3) is 0 Å². The lowest BCUT2D eigenvalue weighted by Crippen LogP contribution is -2.39. The van der Waals surface area contributed by atoms with Crippen molar-refractivity contribution in [2.75, 3.05) is 13.7 Å². The van der Waals surface area contributed by atoms with Gasteiger partial charge in [-0.15, -0.1) is 0 Å². The first-order chi connectivity index (χ1) is 16.2. The lowest BCUT2D eigenvalue weighted by Gasteiger charge is -2.42. The van der Waals surface area contributed by atoms with Crippen molar-refractivity contribution in [1.29, 1.82) is 0 Å². The first-order valence-electron chi connectivity index (χ1n) is 11.3. The lowest BCUT2D eigenvalue weighted by molar-refractivity contribution is -0.139. The summed E-state index contributed by atoms with van der Waals surface area (Å²) < 4.78 is 5.29. The number of imide groups is 1. The van der Waals surface area contributed by atoms with E-state index in [0.717, 1.165) is 5.57 Å². The molecule has 0 unspecified atom stereocenters. The number of fused-ring (bicyclic) bond motifs is 3. The number of rotatable bonds is 3. The molecule has 1 aromatic carbocycles. The third-order valence-corrected chi connectivity index (χ3v) is 7.86. The van der Waals surface area contributed by atoms with Crippen LogP contribution in [-0.2, 0) is 19.2 Å². The molecule has 8 heteroatoms. The molecule has 176 valence electrons. The van der Waals surface area contributed by atoms with Crippen molar-refractivity contribution in [1.82, 2.24) is 4.90 Å². The van der Waals surface area contributed by atoms with Crippen molar-refractivity contribution in [2.24, 2.45) is 17.8 Å². The maximum atomic E-state index is 13.4. The number of aromatic hydroxyl groups is 1. The number of likely N-dealkylation sites (tertiary alicyclic amines) is 1. The van der Waals surface area contributed by atoms with Crippen LogP contribution in [0.3, 0.4) is 0 Å². The molecule has 4 atom stereocenters. The number of benzene rings is 1. The number of hydrogen-bond acceptors (Lipinski definition) is 6. The van der Waals surface area contributed by atoms with Gasteiger partial charge in [0.05, 0.1) is 24.0 Å². The van der Waals surface area contributed by atoms with Gasteiger partial charge in [0.1, 0.15) is 0 Å². The molecule has 0 saturated carbocycles. The zero-order valence-electron chi connectivity index (χ0n) is 19.1. The summed E-state index contributed by atoms with van der Waals surface area (Å²) in [6.07, 6.45) is 3.91. The number of phenolic OH excluding ortho intramolecular Hbond substituents is 1. The van der Waals surface area contributed by atoms with Gasteiger partial charge in [0.2, 0.25) is 11.8 Å². The summed E-state index contributed by atoms with van der Waals surface area (Å²) in [5, 5.41) is 10.3. The van der Waals surface area contributed by atoms with Crippen LogP contribution in [0.15, 0.2) is 46.6 Å². The van der Waals surface area contributed by atoms with E-state index in [1.807, 2.05) is 6.08 Å². The summed E-state index contributed by atoms with van der Waals surface area (Å²) in [6.45, 7) is 3.68. The largest absolute Gasteiger partial charge is 0.503 e. The number of carbonyl (C=O) groups excluding carboxylic acids is 4. The summed E-state index contributed by atoms with van der Waals surface area (Å²) in [4.78, 5) is 53.9. The van der Waals surface area contributed by atoms with Crippen molar-refractivity contribution in [3.8, 4) is 11.5 Å². The highest BCUT2D eigenvalue weighted by atomic mass is 35.5. The van der Waals surface area contributed by atoms with E-state index in [9.17, 15) is 24.3 Å². The lowest BCUT2D eigenvalue weighted by atomic mass is 9.59. The Morgan fingerprint density at radius 1 is 1.15 bits per heavy atom. The number of methoxy groups -OCH3 is 1. The quantitative estimate of drug-likeness (QED) is 0.403. The number of carbonyl (C=O) groups is 4. The predicted octanol–water partition coefficient (Wildman–Crippen LogP) is 3.50. The van der Waals surface area contributed by atoms with Gasteiger partial charge in [-0.2, -0.15) is 0 Å². The van der Waals surface area contributed by atoms with Crippen LogP contribution in [0, 0.1) is 17.8 Å². The maximum Gasteiger partial charge on any atom is 0.233 e. The molecule has 4 aliphatic rings. The minimum atomic E-state index is -0.639. The normalized spacial score (nSPS) is 28.4. The third-order valence-electron chi connectivity index (χ3n) is 7.58. The minimum absolute atomic E-state index is 0.0547. The highest BCUT2D eigenvalue weighted by molar-refractivity contribution is 6.32. The number of amides is 2. The van der Waals surface area contributed by atoms with E-state index in [4.69, 9.17) is 16.3 Å². The number of Topliss-reactive ketones (excluding diaryl/α,β-unsaturated/α-hetero) is 1. The monoisotopic (exact) mass is 481 g/mol. The standard InChI is InChI=1S/C26H24ClNO6/c1-4-28-25(32)14-6-5-13-15(21(14)26(28)33)10-16-18(29)7-11(2)23(30)22(16)20(13)12-8-17(27)24(31)19(9-12)34-3/h5,7-9,14-15,20-21,31H,4,6,10H2,1-3H3/t14-,15+,20-,21-/m0/s1. The van der Waals surface area contributed by atoms with Gasteiger partial charge < -0.3 is 9.84 Å². The number of allylic oxidation sites excluding steroid dienone is 6. The molecule has 1 N–H and O–H groups in total. The van der Waals surface area contributed by atoms with Gasteiger partial charge in [-0.3, -0.25) is 24.1 Å². The molecule has 1 heterocycles. The summed E-state index contributed by atoms with van der Waals surface area (Å²) in [7, 11) is 1.40. The Hall–Kier alpha value is -3.19. The van der Waals surface area contributed by atoms with E-state index in [1.54, 1.807) is 26.0 Å². The molecule has 0 radical (unpaired) electrons. The van der Waals surface area contributed by atoms with Crippen molar-refractivity contribution in [2.45, 2.75) is 32.6 Å². The number of nitrogens with zero attached hydrogens (tertiary/aromatic N) is 1. The maximum absolute atomic E-state index is 13.4. The van der Waals surface area contributed by atoms with Crippen LogP contribution >= 0.6 is 11.6 Å². The molecule has 0 aromatic heterocycles. The third kappa shape index (κ3) is 3.03. The molecule has 34 heavy (non-hydrogen) atoms. The van der Waals surface area contributed by atoms with Crippen LogP contribution in [0.2, 0.25) is 5.02 Å². The molecule has 5 rings (SSSR count). The van der Waals surface area contributed by atoms with Crippen LogP contribution in [0.5, 0.6) is 11.5 Å². The summed E-state index contributed by atoms with van der Waals surface area (Å²) in [6, 6.07) is 3.17. The van der Waals surface area contributed by atoms with Crippen molar-refractivity contribution in [3.63, 3.8) is 0 Å². The van der Waals surface area contributed by atoms with Gasteiger partial charge in [-0.25, -0.2) is 0 Å². The Morgan fingerprint density at radius 3 is 2.56 bits per heavy atom. The van der Waals surface area contributed by atoms with Crippen molar-refractivity contribution < 1.29 is 29.0 Å². The molecule has 1 fully saturated rings. The zero-order valence-corrected chi connectivity index (χ0v) is 19.8. The molecule has 3 aliphatic carbocycles. The Morgan fingerprint density at radius 2 is 1.88 bits per heavy atom. The van der Waals surface area contributed by atoms with Crippen molar-refractivity contribution in [3.05, 3.63) is 57.2 Å². The molecule has 0 bridgehead atoms. The summed E-state index contributed by atoms with van der Waals surface area (Å²) in [5.41, 5.74) is 2.52. The second-order valence-corrected chi connectivity index (χ2v) is 9.61. The molecular formula is C26H24ClNO6. The van der Waals surface area contributed by atoms with E-state index in [1.165, 1.54) is 18.1 Å². The Bertz CT molecular complexity index is 1270. The fourth-order valence-corrected chi connectivity index (χ4v) is 6.25. The second-order valence-electron chi connectivity index (χ2n) is 9.20. The highest BCUT2D eigenvalue weighted by Gasteiger charge is 2.55. The number of halogens is 1. The molecule has 1 saturated heterocycles. The predicted molar refractivity (Wildman–Crippen MR) is 123 cm³/mol. The van der Waals surface area contributed by atoms with E-state index < -0.39 is 23.7 Å². The summed E-state index contributed by atoms with van der Waals surface area (Å²) in [5.74, 6) is -3.03. The number of ether oxygens (including phenoxy) is 1. The number of ketones is 2. The molecule has 1 aliphatic heterocycles. The fraction of sp³-hybridized carbons (Fsp3) is 0.385. The van der Waals surface area contributed by atoms with Gasteiger partial charge in [0, 0.05) is 29.2 Å². The average Bonchev–Trinajstić information content (AvgIpc) is 3.07. The van der Waals surface area contributed by atoms with E-state index >= 15 is 0 Å². The zero-order chi connectivity index (χ0) is 24.5. The van der Waals surface area contributed by atoms with E-state index in [-0.39, 0.29) is 46.3 Å². The average molecular weight is 482 g/mol. The van der Waals surface area contributed by atoms with Crippen LogP contribution in [0.4, 0.5) is 0 Å². The van der Waals surface area contributed by atoms with Crippen LogP contribution in [-0.4, -0.2) is 47.0 Å². The first-order valence-corrected chi connectivity index (χ1v) is 11.7. The Labute approximate surface area is 201 Å². The highest BCUT2D eigenvalue weighted by Crippen LogP contribution is 2.56. The smallest absolute Gasteiger partial charge is 0.233 e. The molecule has 1 aromatic rings. The van der Waals surface area contributed by atoms with Crippen LogP contribution in [0.1, 0.15) is 38.2 Å². The van der Waals surface area contributed by atoms with Gasteiger partial charge in [-0.1, -0.05) is 23.3 Å². The van der Waals surface area contributed by atoms with E-state index in [0.29, 0.717) is 35.2 Å². The SMILES string of the molecule is CCN1C(=O)[C@H]2[C@H](CC=C3[C@H](c4cc(Cl)c(O)c(OC)c4)C4=C(C[C@H]32)C(=O)C=C(C)C4=O)C1=O.